The molecule has 1 fully saturated rings. The third-order valence-corrected chi connectivity index (χ3v) is 3.63. The van der Waals surface area contributed by atoms with E-state index < -0.39 is 0 Å². The SMILES string of the molecule is Cc1[nH]ncc1C(=O)N1CCNCC1c1cccnc1. The molecule has 3 heterocycles. The predicted molar refractivity (Wildman–Crippen MR) is 74.2 cm³/mol. The molecule has 1 saturated heterocycles. The minimum absolute atomic E-state index is 0.0132. The molecule has 1 amide bonds. The van der Waals surface area contributed by atoms with Crippen molar-refractivity contribution in [2.24, 2.45) is 0 Å². The molecule has 20 heavy (non-hydrogen) atoms. The number of nitrogens with zero attached hydrogens (tertiary/aromatic N) is 3. The number of pyridine rings is 1. The van der Waals surface area contributed by atoms with Crippen molar-refractivity contribution in [3.05, 3.63) is 47.5 Å². The zero-order chi connectivity index (χ0) is 13.9. The lowest BCUT2D eigenvalue weighted by Crippen LogP contribution is -2.48. The van der Waals surface area contributed by atoms with Crippen molar-refractivity contribution in [3.63, 3.8) is 0 Å². The van der Waals surface area contributed by atoms with E-state index in [1.54, 1.807) is 12.4 Å². The summed E-state index contributed by atoms with van der Waals surface area (Å²) in [4.78, 5) is 18.7. The molecule has 0 saturated carbocycles. The number of amides is 1. The predicted octanol–water partition coefficient (Wildman–Crippen LogP) is 0.900. The van der Waals surface area contributed by atoms with Gasteiger partial charge >= 0.3 is 0 Å². The fourth-order valence-corrected chi connectivity index (χ4v) is 2.54. The molecule has 1 atom stereocenters. The summed E-state index contributed by atoms with van der Waals surface area (Å²) in [5, 5.41) is 10.1. The van der Waals surface area contributed by atoms with E-state index >= 15 is 0 Å². The Kier molecular flexibility index (Phi) is 3.47. The van der Waals surface area contributed by atoms with Gasteiger partial charge in [0, 0.05) is 37.7 Å². The van der Waals surface area contributed by atoms with Gasteiger partial charge in [0.05, 0.1) is 17.8 Å². The Balaban J connectivity index is 1.90. The molecule has 104 valence electrons. The lowest BCUT2D eigenvalue weighted by Gasteiger charge is -2.36. The number of aryl methyl sites for hydroxylation is 1. The normalized spacial score (nSPS) is 19.1. The molecule has 0 aliphatic carbocycles. The minimum atomic E-state index is 0.0132. The van der Waals surface area contributed by atoms with Gasteiger partial charge in [-0.1, -0.05) is 6.07 Å². The van der Waals surface area contributed by atoms with Gasteiger partial charge in [-0.05, 0) is 18.6 Å². The van der Waals surface area contributed by atoms with E-state index in [9.17, 15) is 4.79 Å². The molecular formula is C14H17N5O. The molecule has 2 N–H and O–H groups in total. The molecule has 6 heteroatoms. The molecule has 6 nitrogen and oxygen atoms in total. The summed E-state index contributed by atoms with van der Waals surface area (Å²) >= 11 is 0. The van der Waals surface area contributed by atoms with Crippen LogP contribution in [0.3, 0.4) is 0 Å². The number of piperazine rings is 1. The van der Waals surface area contributed by atoms with Gasteiger partial charge < -0.3 is 10.2 Å². The Morgan fingerprint density at radius 2 is 2.35 bits per heavy atom. The molecule has 1 unspecified atom stereocenters. The molecule has 0 radical (unpaired) electrons. The number of hydrogen-bond acceptors (Lipinski definition) is 4. The number of H-pyrrole nitrogens is 1. The summed E-state index contributed by atoms with van der Waals surface area (Å²) < 4.78 is 0. The second kappa shape index (κ2) is 5.42. The van der Waals surface area contributed by atoms with Crippen LogP contribution in [-0.2, 0) is 0 Å². The number of hydrogen-bond donors (Lipinski definition) is 2. The number of aromatic amines is 1. The molecule has 0 spiro atoms. The maximum atomic E-state index is 12.7. The van der Waals surface area contributed by atoms with Gasteiger partial charge in [0.1, 0.15) is 0 Å². The van der Waals surface area contributed by atoms with Gasteiger partial charge in [-0.15, -0.1) is 0 Å². The third kappa shape index (κ3) is 2.30. The van der Waals surface area contributed by atoms with Crippen LogP contribution in [0.25, 0.3) is 0 Å². The quantitative estimate of drug-likeness (QED) is 0.851. The van der Waals surface area contributed by atoms with E-state index in [1.807, 2.05) is 30.2 Å². The van der Waals surface area contributed by atoms with Gasteiger partial charge in [-0.25, -0.2) is 0 Å². The highest BCUT2D eigenvalue weighted by atomic mass is 16.2. The molecule has 2 aromatic rings. The molecule has 1 aliphatic heterocycles. The first-order chi connectivity index (χ1) is 9.77. The van der Waals surface area contributed by atoms with Crippen molar-refractivity contribution < 1.29 is 4.79 Å². The van der Waals surface area contributed by atoms with Gasteiger partial charge in [0.2, 0.25) is 0 Å². The van der Waals surface area contributed by atoms with Crippen LogP contribution in [0.2, 0.25) is 0 Å². The largest absolute Gasteiger partial charge is 0.329 e. The second-order valence-electron chi connectivity index (χ2n) is 4.91. The van der Waals surface area contributed by atoms with Crippen LogP contribution in [0.15, 0.2) is 30.7 Å². The molecule has 0 aromatic carbocycles. The van der Waals surface area contributed by atoms with Gasteiger partial charge in [-0.2, -0.15) is 5.10 Å². The maximum absolute atomic E-state index is 12.7. The molecule has 0 bridgehead atoms. The number of aromatic nitrogens is 3. The van der Waals surface area contributed by atoms with E-state index in [4.69, 9.17) is 0 Å². The van der Waals surface area contributed by atoms with Crippen molar-refractivity contribution in [2.45, 2.75) is 13.0 Å². The first kappa shape index (κ1) is 12.8. The average Bonchev–Trinajstić information content (AvgIpc) is 2.93. The van der Waals surface area contributed by atoms with Crippen LogP contribution < -0.4 is 5.32 Å². The van der Waals surface area contributed by atoms with Crippen LogP contribution in [0.4, 0.5) is 0 Å². The summed E-state index contributed by atoms with van der Waals surface area (Å²) in [6, 6.07) is 3.92. The standard InChI is InChI=1S/C14H17N5O/c1-10-12(8-17-18-10)14(20)19-6-5-16-9-13(19)11-3-2-4-15-7-11/h2-4,7-8,13,16H,5-6,9H2,1H3,(H,17,18). The van der Waals surface area contributed by atoms with Crippen LogP contribution in [0.1, 0.15) is 27.7 Å². The Morgan fingerprint density at radius 1 is 1.45 bits per heavy atom. The lowest BCUT2D eigenvalue weighted by molar-refractivity contribution is 0.0633. The van der Waals surface area contributed by atoms with E-state index in [0.717, 1.165) is 24.3 Å². The van der Waals surface area contributed by atoms with Gasteiger partial charge in [0.25, 0.3) is 5.91 Å². The molecular weight excluding hydrogens is 254 g/mol. The summed E-state index contributed by atoms with van der Waals surface area (Å²) in [5.74, 6) is 0.0200. The first-order valence-electron chi connectivity index (χ1n) is 6.69. The van der Waals surface area contributed by atoms with Gasteiger partial charge in [0.15, 0.2) is 0 Å². The Hall–Kier alpha value is -2.21. The molecule has 1 aliphatic rings. The minimum Gasteiger partial charge on any atom is -0.329 e. The number of carbonyl (C=O) groups is 1. The zero-order valence-corrected chi connectivity index (χ0v) is 11.3. The summed E-state index contributed by atoms with van der Waals surface area (Å²) in [6.07, 6.45) is 5.16. The highest BCUT2D eigenvalue weighted by Gasteiger charge is 2.29. The van der Waals surface area contributed by atoms with Crippen LogP contribution in [0, 0.1) is 6.92 Å². The fraction of sp³-hybridized carbons (Fsp3) is 0.357. The second-order valence-corrected chi connectivity index (χ2v) is 4.91. The number of nitrogens with one attached hydrogen (secondary N) is 2. The zero-order valence-electron chi connectivity index (χ0n) is 11.3. The fourth-order valence-electron chi connectivity index (χ4n) is 2.54. The van der Waals surface area contributed by atoms with Crippen LogP contribution in [0.5, 0.6) is 0 Å². The van der Waals surface area contributed by atoms with Crippen molar-refractivity contribution in [1.29, 1.82) is 0 Å². The highest BCUT2D eigenvalue weighted by Crippen LogP contribution is 2.23. The monoisotopic (exact) mass is 271 g/mol. The molecule has 2 aromatic heterocycles. The highest BCUT2D eigenvalue weighted by molar-refractivity contribution is 5.95. The first-order valence-corrected chi connectivity index (χ1v) is 6.69. The van der Waals surface area contributed by atoms with Crippen molar-refractivity contribution in [1.82, 2.24) is 25.4 Å². The number of carbonyl (C=O) groups excluding carboxylic acids is 1. The van der Waals surface area contributed by atoms with Crippen LogP contribution in [-0.4, -0.2) is 45.6 Å². The van der Waals surface area contributed by atoms with E-state index in [0.29, 0.717) is 12.1 Å². The Bertz CT molecular complexity index is 595. The summed E-state index contributed by atoms with van der Waals surface area (Å²) in [7, 11) is 0. The van der Waals surface area contributed by atoms with Crippen LogP contribution >= 0.6 is 0 Å². The summed E-state index contributed by atoms with van der Waals surface area (Å²) in [5.41, 5.74) is 2.49. The number of rotatable bonds is 2. The Morgan fingerprint density at radius 3 is 3.05 bits per heavy atom. The van der Waals surface area contributed by atoms with E-state index in [2.05, 4.69) is 20.5 Å². The molecule has 3 rings (SSSR count). The van der Waals surface area contributed by atoms with E-state index in [1.165, 1.54) is 0 Å². The van der Waals surface area contributed by atoms with Gasteiger partial charge in [-0.3, -0.25) is 14.9 Å². The van der Waals surface area contributed by atoms with Crippen molar-refractivity contribution in [2.75, 3.05) is 19.6 Å². The smallest absolute Gasteiger partial charge is 0.257 e. The summed E-state index contributed by atoms with van der Waals surface area (Å²) in [6.45, 7) is 4.10. The third-order valence-electron chi connectivity index (χ3n) is 3.63. The van der Waals surface area contributed by atoms with Crippen molar-refractivity contribution >= 4 is 5.91 Å². The Labute approximate surface area is 117 Å². The lowest BCUT2D eigenvalue weighted by atomic mass is 10.0. The average molecular weight is 271 g/mol. The maximum Gasteiger partial charge on any atom is 0.257 e. The van der Waals surface area contributed by atoms with Crippen molar-refractivity contribution in [3.8, 4) is 0 Å². The topological polar surface area (TPSA) is 73.9 Å². The van der Waals surface area contributed by atoms with E-state index in [-0.39, 0.29) is 11.9 Å².